The Kier molecular flexibility index (Phi) is 14.1. The van der Waals surface area contributed by atoms with E-state index in [0.717, 1.165) is 57.3 Å². The van der Waals surface area contributed by atoms with Gasteiger partial charge in [-0.25, -0.2) is 4.79 Å². The molecule has 3 aromatic carbocycles. The first-order chi connectivity index (χ1) is 23.2. The normalized spacial score (nSPS) is 16.8. The first kappa shape index (κ1) is 38.4. The quantitative estimate of drug-likeness (QED) is 0.154. The molecule has 0 unspecified atom stereocenters. The highest BCUT2D eigenvalue weighted by molar-refractivity contribution is 6.30. The van der Waals surface area contributed by atoms with Crippen LogP contribution in [0.5, 0.6) is 0 Å². The second-order valence-electron chi connectivity index (χ2n) is 13.3. The lowest BCUT2D eigenvalue weighted by atomic mass is 9.65. The van der Waals surface area contributed by atoms with Gasteiger partial charge in [0.1, 0.15) is 6.42 Å². The van der Waals surface area contributed by atoms with E-state index in [1.54, 1.807) is 11.8 Å². The summed E-state index contributed by atoms with van der Waals surface area (Å²) in [7, 11) is 0. The standard InChI is InChI=1S/C39H48ClN3O5.ClH/c1-2-48-36(45)28-35(44)41-37(46)43-24-18-30(19-25-43)29-38(31-10-5-3-6-11-31,32-12-7-4-8-13-32)20-9-23-42-26-21-39(47,22-27-42)33-14-16-34(40)17-15-33;/h3-8,10-17,30,47H,2,9,18-29H2,1H3,(H,41,44,46);1H. The van der Waals surface area contributed by atoms with Crippen LogP contribution in [0.25, 0.3) is 0 Å². The number of ether oxygens (including phenoxy) is 1. The lowest BCUT2D eigenvalue weighted by molar-refractivity contribution is -0.145. The maximum atomic E-state index is 12.8. The second-order valence-corrected chi connectivity index (χ2v) is 13.7. The molecule has 0 radical (unpaired) electrons. The minimum absolute atomic E-state index is 0. The molecular weight excluding hydrogens is 661 g/mol. The summed E-state index contributed by atoms with van der Waals surface area (Å²) >= 11 is 6.09. The molecule has 2 aliphatic heterocycles. The Morgan fingerprint density at radius 1 is 0.898 bits per heavy atom. The van der Waals surface area contributed by atoms with E-state index in [1.807, 2.05) is 24.3 Å². The molecule has 264 valence electrons. The molecule has 3 amide bonds. The minimum Gasteiger partial charge on any atom is -0.466 e. The molecule has 0 atom stereocenters. The van der Waals surface area contributed by atoms with Crippen LogP contribution in [0.15, 0.2) is 84.9 Å². The Hall–Kier alpha value is -3.43. The molecule has 0 saturated carbocycles. The van der Waals surface area contributed by atoms with E-state index in [2.05, 4.69) is 70.9 Å². The van der Waals surface area contributed by atoms with Crippen LogP contribution < -0.4 is 5.32 Å². The van der Waals surface area contributed by atoms with Crippen molar-refractivity contribution in [1.82, 2.24) is 15.1 Å². The van der Waals surface area contributed by atoms with Gasteiger partial charge in [0.05, 0.1) is 12.2 Å². The van der Waals surface area contributed by atoms with Crippen LogP contribution in [0, 0.1) is 5.92 Å². The van der Waals surface area contributed by atoms with Gasteiger partial charge >= 0.3 is 12.0 Å². The van der Waals surface area contributed by atoms with E-state index in [0.29, 0.717) is 36.9 Å². The molecule has 0 aromatic heterocycles. The zero-order chi connectivity index (χ0) is 34.0. The summed E-state index contributed by atoms with van der Waals surface area (Å²) < 4.78 is 4.82. The van der Waals surface area contributed by atoms with Crippen LogP contribution in [-0.2, 0) is 25.3 Å². The van der Waals surface area contributed by atoms with Crippen molar-refractivity contribution in [1.29, 1.82) is 0 Å². The molecule has 2 N–H and O–H groups in total. The van der Waals surface area contributed by atoms with E-state index >= 15 is 0 Å². The van der Waals surface area contributed by atoms with Crippen LogP contribution in [0.3, 0.4) is 0 Å². The Morgan fingerprint density at radius 3 is 2.02 bits per heavy atom. The number of likely N-dealkylation sites (tertiary alicyclic amines) is 2. The fourth-order valence-corrected chi connectivity index (χ4v) is 7.65. The van der Waals surface area contributed by atoms with Crippen LogP contribution in [0.4, 0.5) is 4.79 Å². The van der Waals surface area contributed by atoms with Crippen molar-refractivity contribution in [3.8, 4) is 0 Å². The zero-order valence-corrected chi connectivity index (χ0v) is 29.9. The minimum atomic E-state index is -0.821. The average molecular weight is 711 g/mol. The third-order valence-corrected chi connectivity index (χ3v) is 10.4. The van der Waals surface area contributed by atoms with Gasteiger partial charge in [0, 0.05) is 36.6 Å². The number of amides is 3. The van der Waals surface area contributed by atoms with E-state index in [-0.39, 0.29) is 24.4 Å². The topological polar surface area (TPSA) is 99.2 Å². The highest BCUT2D eigenvalue weighted by Crippen LogP contribution is 2.44. The number of piperidine rings is 2. The number of imide groups is 1. The van der Waals surface area contributed by atoms with Gasteiger partial charge < -0.3 is 19.6 Å². The van der Waals surface area contributed by atoms with Gasteiger partial charge in [-0.1, -0.05) is 84.4 Å². The van der Waals surface area contributed by atoms with E-state index in [4.69, 9.17) is 16.3 Å². The predicted molar refractivity (Wildman–Crippen MR) is 195 cm³/mol. The average Bonchev–Trinajstić information content (AvgIpc) is 3.10. The van der Waals surface area contributed by atoms with Crippen LogP contribution in [-0.4, -0.2) is 72.1 Å². The number of aliphatic hydroxyl groups is 1. The number of nitrogens with one attached hydrogen (secondary N) is 1. The van der Waals surface area contributed by atoms with E-state index in [9.17, 15) is 19.5 Å². The molecule has 3 aromatic rings. The highest BCUT2D eigenvalue weighted by atomic mass is 35.5. The van der Waals surface area contributed by atoms with Crippen molar-refractivity contribution in [2.24, 2.45) is 5.92 Å². The lowest BCUT2D eigenvalue weighted by Gasteiger charge is -2.42. The van der Waals surface area contributed by atoms with Gasteiger partial charge in [-0.2, -0.15) is 0 Å². The number of rotatable bonds is 12. The summed E-state index contributed by atoms with van der Waals surface area (Å²) in [5, 5.41) is 14.4. The Labute approximate surface area is 301 Å². The molecule has 0 aliphatic carbocycles. The Bertz CT molecular complexity index is 1450. The number of benzene rings is 3. The number of esters is 1. The number of carbonyl (C=O) groups is 3. The fraction of sp³-hybridized carbons (Fsp3) is 0.462. The maximum absolute atomic E-state index is 12.8. The second kappa shape index (κ2) is 18.0. The molecular formula is C39H49Cl2N3O5. The Balaban J connectivity index is 0.00000541. The first-order valence-electron chi connectivity index (χ1n) is 17.3. The molecule has 0 bridgehead atoms. The van der Waals surface area contributed by atoms with Crippen LogP contribution in [0.2, 0.25) is 5.02 Å². The molecule has 10 heteroatoms. The van der Waals surface area contributed by atoms with Crippen molar-refractivity contribution in [3.63, 3.8) is 0 Å². The number of hydrogen-bond acceptors (Lipinski definition) is 6. The third-order valence-electron chi connectivity index (χ3n) is 10.2. The molecule has 5 rings (SSSR count). The van der Waals surface area contributed by atoms with Gasteiger partial charge in [0.15, 0.2) is 0 Å². The monoisotopic (exact) mass is 709 g/mol. The van der Waals surface area contributed by atoms with E-state index in [1.165, 1.54) is 11.1 Å². The number of hydrogen-bond donors (Lipinski definition) is 2. The summed E-state index contributed by atoms with van der Waals surface area (Å²) in [6.07, 6.45) is 5.51. The number of nitrogens with zero attached hydrogens (tertiary/aromatic N) is 2. The van der Waals surface area contributed by atoms with Crippen molar-refractivity contribution >= 4 is 41.9 Å². The van der Waals surface area contributed by atoms with Gasteiger partial charge in [0.2, 0.25) is 5.91 Å². The third kappa shape index (κ3) is 10.1. The smallest absolute Gasteiger partial charge is 0.324 e. The highest BCUT2D eigenvalue weighted by Gasteiger charge is 2.39. The number of urea groups is 1. The SMILES string of the molecule is CCOC(=O)CC(=O)NC(=O)N1CCC(CC(CCCN2CCC(O)(c3ccc(Cl)cc3)CC2)(c2ccccc2)c2ccccc2)CC1.Cl. The van der Waals surface area contributed by atoms with Gasteiger partial charge in [-0.3, -0.25) is 14.9 Å². The summed E-state index contributed by atoms with van der Waals surface area (Å²) in [6, 6.07) is 28.7. The van der Waals surface area contributed by atoms with Crippen LogP contribution in [0.1, 0.15) is 75.0 Å². The molecule has 2 saturated heterocycles. The number of carbonyl (C=O) groups excluding carboxylic acids is 3. The molecule has 0 spiro atoms. The van der Waals surface area contributed by atoms with Crippen molar-refractivity contribution in [2.45, 2.75) is 69.3 Å². The van der Waals surface area contributed by atoms with Crippen molar-refractivity contribution in [3.05, 3.63) is 107 Å². The molecule has 2 heterocycles. The Morgan fingerprint density at radius 2 is 1.47 bits per heavy atom. The van der Waals surface area contributed by atoms with E-state index < -0.39 is 29.9 Å². The molecule has 2 aliphatic rings. The molecule has 8 nitrogen and oxygen atoms in total. The zero-order valence-electron chi connectivity index (χ0n) is 28.3. The van der Waals surface area contributed by atoms with Crippen molar-refractivity contribution < 1.29 is 24.2 Å². The maximum Gasteiger partial charge on any atom is 0.324 e. The summed E-state index contributed by atoms with van der Waals surface area (Å²) in [5.41, 5.74) is 2.52. The largest absolute Gasteiger partial charge is 0.466 e. The summed E-state index contributed by atoms with van der Waals surface area (Å²) in [4.78, 5) is 40.8. The first-order valence-corrected chi connectivity index (χ1v) is 17.6. The summed E-state index contributed by atoms with van der Waals surface area (Å²) in [6.45, 7) is 5.59. The lowest BCUT2D eigenvalue weighted by Crippen LogP contribution is -2.47. The number of halogens is 2. The van der Waals surface area contributed by atoms with Gasteiger partial charge in [0.25, 0.3) is 0 Å². The molecule has 49 heavy (non-hydrogen) atoms. The van der Waals surface area contributed by atoms with Crippen LogP contribution >= 0.6 is 24.0 Å². The summed E-state index contributed by atoms with van der Waals surface area (Å²) in [5.74, 6) is -0.899. The fourth-order valence-electron chi connectivity index (χ4n) is 7.53. The van der Waals surface area contributed by atoms with Gasteiger partial charge in [-0.05, 0) is 93.2 Å². The van der Waals surface area contributed by atoms with Crippen molar-refractivity contribution in [2.75, 3.05) is 39.3 Å². The van der Waals surface area contributed by atoms with Gasteiger partial charge in [-0.15, -0.1) is 12.4 Å². The predicted octanol–water partition coefficient (Wildman–Crippen LogP) is 7.10. The molecule has 2 fully saturated rings.